The van der Waals surface area contributed by atoms with Gasteiger partial charge in [0.15, 0.2) is 22.0 Å². The monoisotopic (exact) mass is 740 g/mol. The first-order valence-electron chi connectivity index (χ1n) is 13.2. The molecule has 0 amide bonds. The third-order valence-corrected chi connectivity index (χ3v) is 8.54. The Morgan fingerprint density at radius 3 is 2.49 bits per heavy atom. The van der Waals surface area contributed by atoms with Crippen LogP contribution in [0, 0.1) is 0 Å². The summed E-state index contributed by atoms with van der Waals surface area (Å²) in [5.74, 6) is -0.617. The Bertz CT molecular complexity index is 1990. The standard InChI is InChI=1S/C31H22BrCl2F3N2O5S/c1-3-43-29(41)24-25(17-7-9-20(33)10-8-17)39-28(40)23(45-30(39)38-27(24)31(35,36)37)13-18-12-19(32)14-22(42-2)26(18)44-15-16-5-4-6-21(34)11-16/h4-14,25H,3,15H2,1-2H3/b23-13-/t25-/m1/s1. The Morgan fingerprint density at radius 2 is 1.84 bits per heavy atom. The molecule has 1 atom stereocenters. The summed E-state index contributed by atoms with van der Waals surface area (Å²) >= 11 is 16.3. The summed E-state index contributed by atoms with van der Waals surface area (Å²) in [5.41, 5.74) is -1.55. The van der Waals surface area contributed by atoms with E-state index in [1.165, 1.54) is 44.4 Å². The number of hydrogen-bond acceptors (Lipinski definition) is 7. The molecule has 0 saturated heterocycles. The van der Waals surface area contributed by atoms with Gasteiger partial charge in [-0.3, -0.25) is 9.36 Å². The number of esters is 1. The zero-order valence-corrected chi connectivity index (χ0v) is 27.4. The van der Waals surface area contributed by atoms with Crippen molar-refractivity contribution in [3.05, 3.63) is 123 Å². The number of alkyl halides is 3. The van der Waals surface area contributed by atoms with E-state index in [0.717, 1.165) is 21.5 Å². The van der Waals surface area contributed by atoms with Crippen LogP contribution in [-0.2, 0) is 16.1 Å². The number of allylic oxidation sites excluding steroid dienone is 1. The quantitative estimate of drug-likeness (QED) is 0.182. The van der Waals surface area contributed by atoms with Crippen molar-refractivity contribution < 1.29 is 32.2 Å². The maximum atomic E-state index is 14.4. The average molecular weight is 742 g/mol. The molecular weight excluding hydrogens is 720 g/mol. The molecule has 2 heterocycles. The molecule has 7 nitrogen and oxygen atoms in total. The molecule has 14 heteroatoms. The molecule has 0 saturated carbocycles. The van der Waals surface area contributed by atoms with Crippen LogP contribution >= 0.6 is 50.5 Å². The van der Waals surface area contributed by atoms with Gasteiger partial charge in [0.05, 0.1) is 29.9 Å². The van der Waals surface area contributed by atoms with Gasteiger partial charge in [-0.2, -0.15) is 13.2 Å². The van der Waals surface area contributed by atoms with Crippen molar-refractivity contribution in [1.29, 1.82) is 0 Å². The molecule has 1 aromatic heterocycles. The Kier molecular flexibility index (Phi) is 9.78. The molecule has 4 aromatic rings. The highest BCUT2D eigenvalue weighted by atomic mass is 79.9. The van der Waals surface area contributed by atoms with Crippen LogP contribution in [0.25, 0.3) is 6.08 Å². The zero-order chi connectivity index (χ0) is 32.5. The summed E-state index contributed by atoms with van der Waals surface area (Å²) in [7, 11) is 1.45. The van der Waals surface area contributed by atoms with Crippen molar-refractivity contribution in [2.45, 2.75) is 25.7 Å². The van der Waals surface area contributed by atoms with Gasteiger partial charge in [0.1, 0.15) is 6.61 Å². The van der Waals surface area contributed by atoms with Crippen LogP contribution in [0.5, 0.6) is 11.5 Å². The summed E-state index contributed by atoms with van der Waals surface area (Å²) < 4.78 is 61.6. The fraction of sp³-hybridized carbons (Fsp3) is 0.194. The Balaban J connectivity index is 1.73. The van der Waals surface area contributed by atoms with E-state index in [0.29, 0.717) is 25.8 Å². The van der Waals surface area contributed by atoms with Crippen molar-refractivity contribution in [2.24, 2.45) is 4.99 Å². The first kappa shape index (κ1) is 32.8. The number of carbonyl (C=O) groups excluding carboxylic acids is 1. The van der Waals surface area contributed by atoms with Crippen LogP contribution in [0.15, 0.2) is 86.2 Å². The molecule has 1 aliphatic rings. The van der Waals surface area contributed by atoms with Gasteiger partial charge in [-0.1, -0.05) is 74.7 Å². The lowest BCUT2D eigenvalue weighted by Crippen LogP contribution is -2.41. The largest absolute Gasteiger partial charge is 0.493 e. The van der Waals surface area contributed by atoms with E-state index in [4.69, 9.17) is 37.4 Å². The zero-order valence-electron chi connectivity index (χ0n) is 23.5. The van der Waals surface area contributed by atoms with Crippen molar-refractivity contribution in [3.8, 4) is 11.5 Å². The van der Waals surface area contributed by atoms with Crippen LogP contribution in [0.3, 0.4) is 0 Å². The maximum absolute atomic E-state index is 14.4. The highest BCUT2D eigenvalue weighted by Gasteiger charge is 2.45. The number of rotatable bonds is 8. The van der Waals surface area contributed by atoms with Crippen molar-refractivity contribution in [3.63, 3.8) is 0 Å². The van der Waals surface area contributed by atoms with Crippen molar-refractivity contribution >= 4 is 62.5 Å². The van der Waals surface area contributed by atoms with E-state index in [2.05, 4.69) is 20.9 Å². The first-order valence-corrected chi connectivity index (χ1v) is 15.6. The van der Waals surface area contributed by atoms with Crippen LogP contribution in [0.2, 0.25) is 10.0 Å². The number of carbonyl (C=O) groups is 1. The highest BCUT2D eigenvalue weighted by Crippen LogP contribution is 2.39. The fourth-order valence-electron chi connectivity index (χ4n) is 4.73. The lowest BCUT2D eigenvalue weighted by atomic mass is 9.95. The summed E-state index contributed by atoms with van der Waals surface area (Å²) in [6.45, 7) is 1.39. The van der Waals surface area contributed by atoms with Gasteiger partial charge in [0, 0.05) is 20.1 Å². The molecule has 0 fully saturated rings. The second-order valence-electron chi connectivity index (χ2n) is 9.56. The Labute approximate surface area is 276 Å². The molecule has 0 aliphatic carbocycles. The van der Waals surface area contributed by atoms with Crippen LogP contribution in [-0.4, -0.2) is 30.4 Å². The van der Waals surface area contributed by atoms with Gasteiger partial charge in [-0.05, 0) is 60.5 Å². The van der Waals surface area contributed by atoms with Crippen LogP contribution in [0.4, 0.5) is 13.2 Å². The van der Waals surface area contributed by atoms with E-state index in [-0.39, 0.29) is 33.9 Å². The Morgan fingerprint density at radius 1 is 1.11 bits per heavy atom. The third kappa shape index (κ3) is 6.99. The first-order chi connectivity index (χ1) is 21.4. The van der Waals surface area contributed by atoms with E-state index in [1.54, 1.807) is 30.3 Å². The molecule has 5 rings (SSSR count). The van der Waals surface area contributed by atoms with Crippen molar-refractivity contribution in [1.82, 2.24) is 4.57 Å². The van der Waals surface area contributed by atoms with Gasteiger partial charge in [-0.25, -0.2) is 9.79 Å². The SMILES string of the molecule is CCOC(=O)C1=C(C(F)(F)F)N=c2s/c(=C\c3cc(Br)cc(OC)c3OCc3cccc(Cl)c3)c(=O)n2[C@@H]1c1ccc(Cl)cc1. The Hall–Kier alpha value is -3.58. The minimum Gasteiger partial charge on any atom is -0.493 e. The van der Waals surface area contributed by atoms with Gasteiger partial charge in [0.2, 0.25) is 0 Å². The van der Waals surface area contributed by atoms with E-state index in [9.17, 15) is 22.8 Å². The number of thiazole rings is 1. The smallest absolute Gasteiger partial charge is 0.434 e. The molecule has 0 radical (unpaired) electrons. The van der Waals surface area contributed by atoms with E-state index in [1.807, 2.05) is 6.07 Å². The minimum absolute atomic E-state index is 0.0344. The molecule has 3 aromatic carbocycles. The molecule has 0 spiro atoms. The number of hydrogen-bond donors (Lipinski definition) is 0. The summed E-state index contributed by atoms with van der Waals surface area (Å²) in [4.78, 5) is 30.6. The second kappa shape index (κ2) is 13.4. The topological polar surface area (TPSA) is 79.1 Å². The average Bonchev–Trinajstić information content (AvgIpc) is 3.30. The summed E-state index contributed by atoms with van der Waals surface area (Å²) in [6, 6.07) is 14.7. The highest BCUT2D eigenvalue weighted by molar-refractivity contribution is 9.10. The number of aromatic nitrogens is 1. The van der Waals surface area contributed by atoms with Gasteiger partial charge < -0.3 is 14.2 Å². The normalized spacial score (nSPS) is 15.0. The van der Waals surface area contributed by atoms with Gasteiger partial charge >= 0.3 is 12.1 Å². The minimum atomic E-state index is -5.03. The lowest BCUT2D eigenvalue weighted by Gasteiger charge is -2.26. The lowest BCUT2D eigenvalue weighted by molar-refractivity contribution is -0.140. The molecule has 0 unspecified atom stereocenters. The molecule has 0 N–H and O–H groups in total. The summed E-state index contributed by atoms with van der Waals surface area (Å²) in [6.07, 6.45) is -3.55. The number of fused-ring (bicyclic) bond motifs is 1. The van der Waals surface area contributed by atoms with Crippen LogP contribution in [0.1, 0.15) is 29.7 Å². The predicted octanol–water partition coefficient (Wildman–Crippen LogP) is 7.00. The molecular formula is C31H22BrCl2F3N2O5S. The van der Waals surface area contributed by atoms with E-state index < -0.39 is 35.0 Å². The predicted molar refractivity (Wildman–Crippen MR) is 169 cm³/mol. The van der Waals surface area contributed by atoms with Crippen molar-refractivity contribution in [2.75, 3.05) is 13.7 Å². The molecule has 45 heavy (non-hydrogen) atoms. The number of ether oxygens (including phenoxy) is 3. The third-order valence-electron chi connectivity index (χ3n) is 6.61. The maximum Gasteiger partial charge on any atom is 0.434 e. The molecule has 234 valence electrons. The number of methoxy groups -OCH3 is 1. The number of halogens is 6. The summed E-state index contributed by atoms with van der Waals surface area (Å²) in [5, 5.41) is 0.841. The van der Waals surface area contributed by atoms with Crippen LogP contribution < -0.4 is 24.4 Å². The molecule has 1 aliphatic heterocycles. The van der Waals surface area contributed by atoms with Gasteiger partial charge in [0.25, 0.3) is 5.56 Å². The number of nitrogens with zero attached hydrogens (tertiary/aromatic N) is 2. The number of benzene rings is 3. The second-order valence-corrected chi connectivity index (χ2v) is 12.4. The fourth-order valence-corrected chi connectivity index (χ4v) is 6.51. The molecule has 0 bridgehead atoms. The van der Waals surface area contributed by atoms with E-state index >= 15 is 0 Å². The van der Waals surface area contributed by atoms with Gasteiger partial charge in [-0.15, -0.1) is 0 Å².